The van der Waals surface area contributed by atoms with Gasteiger partial charge in [-0.25, -0.2) is 9.78 Å². The number of ether oxygens (including phenoxy) is 1. The Kier molecular flexibility index (Phi) is 2.73. The van der Waals surface area contributed by atoms with Crippen LogP contribution in [-0.2, 0) is 4.74 Å². The summed E-state index contributed by atoms with van der Waals surface area (Å²) in [5.41, 5.74) is 1.14. The monoisotopic (exact) mass is 268 g/mol. The SMILES string of the molecule is CCOC(=O)c1c(Br)nc2ccccn12. The molecular weight excluding hydrogens is 260 g/mol. The number of fused-ring (bicyclic) bond motifs is 1. The summed E-state index contributed by atoms with van der Waals surface area (Å²) in [4.78, 5) is 15.8. The molecule has 2 heterocycles. The molecule has 0 bridgehead atoms. The molecule has 0 aliphatic heterocycles. The zero-order valence-corrected chi connectivity index (χ0v) is 9.69. The number of hydrogen-bond donors (Lipinski definition) is 0. The standard InChI is InChI=1S/C10H9BrN2O2/c1-2-15-10(14)8-9(11)12-7-5-3-4-6-13(7)8/h3-6H,2H2,1H3. The average molecular weight is 269 g/mol. The molecule has 0 aliphatic rings. The normalized spacial score (nSPS) is 10.5. The van der Waals surface area contributed by atoms with Gasteiger partial charge in [-0.05, 0) is 35.0 Å². The number of rotatable bonds is 2. The van der Waals surface area contributed by atoms with Crippen LogP contribution in [0.15, 0.2) is 29.0 Å². The Morgan fingerprint density at radius 1 is 1.60 bits per heavy atom. The molecule has 0 spiro atoms. The summed E-state index contributed by atoms with van der Waals surface area (Å²) in [7, 11) is 0. The van der Waals surface area contributed by atoms with Crippen molar-refractivity contribution in [2.24, 2.45) is 0 Å². The molecule has 5 heteroatoms. The van der Waals surface area contributed by atoms with Crippen molar-refractivity contribution in [3.8, 4) is 0 Å². The maximum absolute atomic E-state index is 11.6. The second-order valence-corrected chi connectivity index (χ2v) is 3.65. The van der Waals surface area contributed by atoms with Crippen LogP contribution < -0.4 is 0 Å². The topological polar surface area (TPSA) is 43.6 Å². The van der Waals surface area contributed by atoms with E-state index >= 15 is 0 Å². The number of pyridine rings is 1. The van der Waals surface area contributed by atoms with E-state index in [0.717, 1.165) is 0 Å². The summed E-state index contributed by atoms with van der Waals surface area (Å²) in [5.74, 6) is -0.372. The van der Waals surface area contributed by atoms with Gasteiger partial charge in [0.1, 0.15) is 10.3 Å². The van der Waals surface area contributed by atoms with E-state index in [1.807, 2.05) is 18.2 Å². The molecule has 15 heavy (non-hydrogen) atoms. The molecule has 0 amide bonds. The molecule has 2 aromatic heterocycles. The van der Waals surface area contributed by atoms with Gasteiger partial charge in [0.2, 0.25) is 0 Å². The number of halogens is 1. The highest BCUT2D eigenvalue weighted by Crippen LogP contribution is 2.18. The predicted octanol–water partition coefficient (Wildman–Crippen LogP) is 2.27. The van der Waals surface area contributed by atoms with Gasteiger partial charge in [0.05, 0.1) is 6.61 Å². The van der Waals surface area contributed by atoms with Gasteiger partial charge in [-0.2, -0.15) is 0 Å². The lowest BCUT2D eigenvalue weighted by molar-refractivity contribution is 0.0517. The molecule has 0 saturated heterocycles. The second kappa shape index (κ2) is 4.02. The highest BCUT2D eigenvalue weighted by Gasteiger charge is 2.17. The summed E-state index contributed by atoms with van der Waals surface area (Å²) in [5, 5.41) is 0. The van der Waals surface area contributed by atoms with Crippen molar-refractivity contribution in [3.05, 3.63) is 34.7 Å². The number of nitrogens with zero attached hydrogens (tertiary/aromatic N) is 2. The number of imidazole rings is 1. The third-order valence-corrected chi connectivity index (χ3v) is 2.51. The minimum Gasteiger partial charge on any atom is -0.461 e. The van der Waals surface area contributed by atoms with E-state index in [4.69, 9.17) is 4.74 Å². The first kappa shape index (κ1) is 10.2. The number of esters is 1. The van der Waals surface area contributed by atoms with Gasteiger partial charge < -0.3 is 4.74 Å². The van der Waals surface area contributed by atoms with Gasteiger partial charge in [-0.3, -0.25) is 4.40 Å². The van der Waals surface area contributed by atoms with Crippen molar-refractivity contribution in [2.45, 2.75) is 6.92 Å². The number of carbonyl (C=O) groups is 1. The average Bonchev–Trinajstić information content (AvgIpc) is 2.54. The summed E-state index contributed by atoms with van der Waals surface area (Å²) in [6, 6.07) is 5.53. The van der Waals surface area contributed by atoms with Gasteiger partial charge in [-0.15, -0.1) is 0 Å². The fraction of sp³-hybridized carbons (Fsp3) is 0.200. The zero-order chi connectivity index (χ0) is 10.8. The minimum absolute atomic E-state index is 0.353. The second-order valence-electron chi connectivity index (χ2n) is 2.90. The Balaban J connectivity index is 2.58. The highest BCUT2D eigenvalue weighted by molar-refractivity contribution is 9.10. The fourth-order valence-corrected chi connectivity index (χ4v) is 1.88. The Bertz CT molecular complexity index is 507. The molecule has 0 saturated carbocycles. The Hall–Kier alpha value is -1.36. The molecule has 2 aromatic rings. The third kappa shape index (κ3) is 1.74. The molecule has 0 atom stereocenters. The molecule has 2 rings (SSSR count). The van der Waals surface area contributed by atoms with Crippen molar-refractivity contribution in [1.29, 1.82) is 0 Å². The molecule has 0 aromatic carbocycles. The lowest BCUT2D eigenvalue weighted by Gasteiger charge is -2.01. The minimum atomic E-state index is -0.372. The number of aromatic nitrogens is 2. The predicted molar refractivity (Wildman–Crippen MR) is 58.8 cm³/mol. The lowest BCUT2D eigenvalue weighted by atomic mass is 10.4. The molecule has 0 unspecified atom stereocenters. The smallest absolute Gasteiger partial charge is 0.358 e. The first-order chi connectivity index (χ1) is 7.24. The first-order valence-electron chi connectivity index (χ1n) is 4.53. The van der Waals surface area contributed by atoms with E-state index in [2.05, 4.69) is 20.9 Å². The highest BCUT2D eigenvalue weighted by atomic mass is 79.9. The largest absolute Gasteiger partial charge is 0.461 e. The lowest BCUT2D eigenvalue weighted by Crippen LogP contribution is -2.08. The summed E-state index contributed by atoms with van der Waals surface area (Å²) in [6.45, 7) is 2.13. The van der Waals surface area contributed by atoms with E-state index in [1.54, 1.807) is 17.5 Å². The van der Waals surface area contributed by atoms with Gasteiger partial charge in [-0.1, -0.05) is 6.07 Å². The molecule has 78 valence electrons. The van der Waals surface area contributed by atoms with E-state index in [0.29, 0.717) is 22.6 Å². The third-order valence-electron chi connectivity index (χ3n) is 1.96. The van der Waals surface area contributed by atoms with Crippen LogP contribution in [-0.4, -0.2) is 22.0 Å². The quantitative estimate of drug-likeness (QED) is 0.785. The molecular formula is C10H9BrN2O2. The summed E-state index contributed by atoms with van der Waals surface area (Å²) < 4.78 is 7.15. The van der Waals surface area contributed by atoms with Crippen molar-refractivity contribution in [3.63, 3.8) is 0 Å². The van der Waals surface area contributed by atoms with Crippen LogP contribution in [0.3, 0.4) is 0 Å². The van der Waals surface area contributed by atoms with E-state index in [1.165, 1.54) is 0 Å². The van der Waals surface area contributed by atoms with Crippen molar-refractivity contribution < 1.29 is 9.53 Å². The van der Waals surface area contributed by atoms with Crippen LogP contribution in [0.5, 0.6) is 0 Å². The molecule has 0 fully saturated rings. The van der Waals surface area contributed by atoms with Crippen molar-refractivity contribution in [1.82, 2.24) is 9.38 Å². The molecule has 0 radical (unpaired) electrons. The fourth-order valence-electron chi connectivity index (χ4n) is 1.35. The van der Waals surface area contributed by atoms with Crippen LogP contribution in [0.4, 0.5) is 0 Å². The molecule has 0 N–H and O–H groups in total. The van der Waals surface area contributed by atoms with Crippen LogP contribution in [0, 0.1) is 0 Å². The summed E-state index contributed by atoms with van der Waals surface area (Å²) >= 11 is 3.25. The zero-order valence-electron chi connectivity index (χ0n) is 8.11. The van der Waals surface area contributed by atoms with Crippen molar-refractivity contribution >= 4 is 27.5 Å². The first-order valence-corrected chi connectivity index (χ1v) is 5.33. The Labute approximate surface area is 95.0 Å². The number of hydrogen-bond acceptors (Lipinski definition) is 3. The van der Waals surface area contributed by atoms with Crippen LogP contribution >= 0.6 is 15.9 Å². The van der Waals surface area contributed by atoms with Crippen LogP contribution in [0.25, 0.3) is 5.65 Å². The number of carbonyl (C=O) groups excluding carboxylic acids is 1. The van der Waals surface area contributed by atoms with E-state index in [9.17, 15) is 4.79 Å². The van der Waals surface area contributed by atoms with E-state index in [-0.39, 0.29) is 5.97 Å². The van der Waals surface area contributed by atoms with Gasteiger partial charge in [0.25, 0.3) is 0 Å². The van der Waals surface area contributed by atoms with E-state index < -0.39 is 0 Å². The van der Waals surface area contributed by atoms with Gasteiger partial charge in [0.15, 0.2) is 5.69 Å². The van der Waals surface area contributed by atoms with Crippen LogP contribution in [0.1, 0.15) is 17.4 Å². The Morgan fingerprint density at radius 2 is 2.40 bits per heavy atom. The molecule has 0 aliphatic carbocycles. The van der Waals surface area contributed by atoms with Crippen LogP contribution in [0.2, 0.25) is 0 Å². The summed E-state index contributed by atoms with van der Waals surface area (Å²) in [6.07, 6.45) is 1.78. The maximum Gasteiger partial charge on any atom is 0.358 e. The Morgan fingerprint density at radius 3 is 3.13 bits per heavy atom. The molecule has 4 nitrogen and oxygen atoms in total. The van der Waals surface area contributed by atoms with Gasteiger partial charge >= 0.3 is 5.97 Å². The maximum atomic E-state index is 11.6. The van der Waals surface area contributed by atoms with Gasteiger partial charge in [0, 0.05) is 6.20 Å². The van der Waals surface area contributed by atoms with Crippen molar-refractivity contribution in [2.75, 3.05) is 6.61 Å².